The highest BCUT2D eigenvalue weighted by Gasteiger charge is 2.04. The van der Waals surface area contributed by atoms with Gasteiger partial charge in [0.1, 0.15) is 17.4 Å². The average Bonchev–Trinajstić information content (AvgIpc) is 2.37. The first-order chi connectivity index (χ1) is 9.06. The quantitative estimate of drug-likeness (QED) is 0.676. The van der Waals surface area contributed by atoms with Crippen LogP contribution in [-0.2, 0) is 0 Å². The molecule has 19 heavy (non-hydrogen) atoms. The van der Waals surface area contributed by atoms with Gasteiger partial charge in [0.15, 0.2) is 5.78 Å². The monoisotopic (exact) mass is 260 g/mol. The summed E-state index contributed by atoms with van der Waals surface area (Å²) in [4.78, 5) is 11.8. The van der Waals surface area contributed by atoms with Crippen molar-refractivity contribution in [2.75, 3.05) is 0 Å². The molecule has 0 fully saturated rings. The normalized spacial score (nSPS) is 10.8. The SMILES string of the molecule is O=C(C=Cc1ccc(F)cc1F)c1cccc(O)c1. The predicted molar refractivity (Wildman–Crippen MR) is 67.8 cm³/mol. The van der Waals surface area contributed by atoms with Gasteiger partial charge in [-0.1, -0.05) is 12.1 Å². The molecule has 0 aliphatic carbocycles. The third-order valence-corrected chi connectivity index (χ3v) is 2.51. The Kier molecular flexibility index (Phi) is 3.71. The zero-order valence-corrected chi connectivity index (χ0v) is 9.81. The van der Waals surface area contributed by atoms with Crippen LogP contribution in [0.5, 0.6) is 5.75 Å². The number of aromatic hydroxyl groups is 1. The molecule has 2 nitrogen and oxygen atoms in total. The highest BCUT2D eigenvalue weighted by atomic mass is 19.1. The fraction of sp³-hybridized carbons (Fsp3) is 0. The molecule has 0 amide bonds. The summed E-state index contributed by atoms with van der Waals surface area (Å²) >= 11 is 0. The van der Waals surface area contributed by atoms with Gasteiger partial charge in [0.25, 0.3) is 0 Å². The number of phenols is 1. The Bertz CT molecular complexity index is 648. The van der Waals surface area contributed by atoms with E-state index in [-0.39, 0.29) is 17.1 Å². The van der Waals surface area contributed by atoms with Crippen LogP contribution < -0.4 is 0 Å². The van der Waals surface area contributed by atoms with Crippen LogP contribution in [0.1, 0.15) is 15.9 Å². The Labute approximate surface area is 108 Å². The molecule has 0 unspecified atom stereocenters. The van der Waals surface area contributed by atoms with Gasteiger partial charge in [-0.2, -0.15) is 0 Å². The summed E-state index contributed by atoms with van der Waals surface area (Å²) in [5.74, 6) is -1.80. The first-order valence-corrected chi connectivity index (χ1v) is 5.53. The number of halogens is 2. The second-order valence-corrected chi connectivity index (χ2v) is 3.91. The van der Waals surface area contributed by atoms with E-state index in [9.17, 15) is 18.7 Å². The zero-order valence-electron chi connectivity index (χ0n) is 9.81. The van der Waals surface area contributed by atoms with E-state index in [4.69, 9.17) is 0 Å². The summed E-state index contributed by atoms with van der Waals surface area (Å²) in [5, 5.41) is 9.24. The Morgan fingerprint density at radius 1 is 1.11 bits per heavy atom. The van der Waals surface area contributed by atoms with Crippen molar-refractivity contribution in [2.45, 2.75) is 0 Å². The lowest BCUT2D eigenvalue weighted by Gasteiger charge is -1.98. The number of phenolic OH excluding ortho intramolecular Hbond substituents is 1. The second-order valence-electron chi connectivity index (χ2n) is 3.91. The fourth-order valence-corrected chi connectivity index (χ4v) is 1.56. The molecule has 0 radical (unpaired) electrons. The largest absolute Gasteiger partial charge is 0.508 e. The van der Waals surface area contributed by atoms with Gasteiger partial charge in [-0.05, 0) is 36.4 Å². The fourth-order valence-electron chi connectivity index (χ4n) is 1.56. The minimum absolute atomic E-state index is 0.0211. The summed E-state index contributed by atoms with van der Waals surface area (Å²) in [5.41, 5.74) is 0.411. The smallest absolute Gasteiger partial charge is 0.185 e. The molecular weight excluding hydrogens is 250 g/mol. The summed E-state index contributed by atoms with van der Waals surface area (Å²) in [6, 6.07) is 8.94. The maximum absolute atomic E-state index is 13.3. The highest BCUT2D eigenvalue weighted by Crippen LogP contribution is 2.14. The summed E-state index contributed by atoms with van der Waals surface area (Å²) in [6.07, 6.45) is 2.44. The predicted octanol–water partition coefficient (Wildman–Crippen LogP) is 3.57. The van der Waals surface area contributed by atoms with Crippen molar-refractivity contribution in [3.05, 3.63) is 71.3 Å². The molecule has 0 bridgehead atoms. The van der Waals surface area contributed by atoms with E-state index < -0.39 is 11.6 Å². The molecular formula is C15H10F2O2. The topological polar surface area (TPSA) is 37.3 Å². The van der Waals surface area contributed by atoms with Crippen molar-refractivity contribution in [1.82, 2.24) is 0 Å². The third-order valence-electron chi connectivity index (χ3n) is 2.51. The van der Waals surface area contributed by atoms with Crippen LogP contribution in [0.2, 0.25) is 0 Å². The standard InChI is InChI=1S/C15H10F2O2/c16-12-6-4-10(14(17)9-12)5-7-15(19)11-2-1-3-13(18)8-11/h1-9,18H. The van der Waals surface area contributed by atoms with E-state index in [0.717, 1.165) is 12.1 Å². The molecule has 1 N–H and O–H groups in total. The highest BCUT2D eigenvalue weighted by molar-refractivity contribution is 6.07. The maximum atomic E-state index is 13.3. The van der Waals surface area contributed by atoms with Gasteiger partial charge in [0.2, 0.25) is 0 Å². The van der Waals surface area contributed by atoms with E-state index in [1.54, 1.807) is 0 Å². The lowest BCUT2D eigenvalue weighted by molar-refractivity contribution is 0.104. The number of hydrogen-bond acceptors (Lipinski definition) is 2. The number of rotatable bonds is 3. The molecule has 96 valence electrons. The molecule has 0 aliphatic rings. The number of ketones is 1. The molecule has 0 heterocycles. The second kappa shape index (κ2) is 5.44. The molecule has 2 aromatic carbocycles. The van der Waals surface area contributed by atoms with Gasteiger partial charge in [0, 0.05) is 17.2 Å². The van der Waals surface area contributed by atoms with Crippen LogP contribution in [0.3, 0.4) is 0 Å². The van der Waals surface area contributed by atoms with Gasteiger partial charge in [-0.3, -0.25) is 4.79 Å². The minimum atomic E-state index is -0.736. The first kappa shape index (κ1) is 13.0. The molecule has 0 saturated heterocycles. The minimum Gasteiger partial charge on any atom is -0.508 e. The molecule has 0 spiro atoms. The van der Waals surface area contributed by atoms with Gasteiger partial charge < -0.3 is 5.11 Å². The van der Waals surface area contributed by atoms with Gasteiger partial charge >= 0.3 is 0 Å². The summed E-state index contributed by atoms with van der Waals surface area (Å²) in [7, 11) is 0. The molecule has 0 aliphatic heterocycles. The van der Waals surface area contributed by atoms with Crippen molar-refractivity contribution in [3.8, 4) is 5.75 Å². The van der Waals surface area contributed by atoms with Crippen molar-refractivity contribution in [1.29, 1.82) is 0 Å². The van der Waals surface area contributed by atoms with E-state index in [2.05, 4.69) is 0 Å². The number of hydrogen-bond donors (Lipinski definition) is 1. The molecule has 2 rings (SSSR count). The van der Waals surface area contributed by atoms with E-state index in [1.165, 1.54) is 42.5 Å². The van der Waals surface area contributed by atoms with Crippen LogP contribution in [0.4, 0.5) is 8.78 Å². The van der Waals surface area contributed by atoms with Crippen molar-refractivity contribution >= 4 is 11.9 Å². The van der Waals surface area contributed by atoms with E-state index in [1.807, 2.05) is 0 Å². The van der Waals surface area contributed by atoms with Crippen LogP contribution in [-0.4, -0.2) is 10.9 Å². The molecule has 4 heteroatoms. The number of carbonyl (C=O) groups is 1. The Morgan fingerprint density at radius 3 is 2.58 bits per heavy atom. The number of benzene rings is 2. The lowest BCUT2D eigenvalue weighted by atomic mass is 10.1. The van der Waals surface area contributed by atoms with Crippen molar-refractivity contribution in [2.24, 2.45) is 0 Å². The number of carbonyl (C=O) groups excluding carboxylic acids is 1. The Morgan fingerprint density at radius 2 is 1.89 bits per heavy atom. The van der Waals surface area contributed by atoms with Gasteiger partial charge in [0.05, 0.1) is 0 Å². The molecule has 0 aromatic heterocycles. The average molecular weight is 260 g/mol. The summed E-state index contributed by atoms with van der Waals surface area (Å²) in [6.45, 7) is 0. The van der Waals surface area contributed by atoms with Crippen molar-refractivity contribution in [3.63, 3.8) is 0 Å². The van der Waals surface area contributed by atoms with Crippen LogP contribution in [0, 0.1) is 11.6 Å². The van der Waals surface area contributed by atoms with Crippen LogP contribution in [0.25, 0.3) is 6.08 Å². The Hall–Kier alpha value is -2.49. The van der Waals surface area contributed by atoms with Crippen LogP contribution in [0.15, 0.2) is 48.5 Å². The van der Waals surface area contributed by atoms with E-state index >= 15 is 0 Å². The van der Waals surface area contributed by atoms with Crippen molar-refractivity contribution < 1.29 is 18.7 Å². The molecule has 0 atom stereocenters. The molecule has 2 aromatic rings. The van der Waals surface area contributed by atoms with Gasteiger partial charge in [-0.25, -0.2) is 8.78 Å². The zero-order chi connectivity index (χ0) is 13.8. The van der Waals surface area contributed by atoms with Crippen LogP contribution >= 0.6 is 0 Å². The number of allylic oxidation sites excluding steroid dienone is 1. The van der Waals surface area contributed by atoms with E-state index in [0.29, 0.717) is 5.56 Å². The maximum Gasteiger partial charge on any atom is 0.185 e. The summed E-state index contributed by atoms with van der Waals surface area (Å²) < 4.78 is 26.0. The van der Waals surface area contributed by atoms with Gasteiger partial charge in [-0.15, -0.1) is 0 Å². The third kappa shape index (κ3) is 3.25. The lowest BCUT2D eigenvalue weighted by Crippen LogP contribution is -1.93. The molecule has 0 saturated carbocycles. The Balaban J connectivity index is 2.21. The first-order valence-electron chi connectivity index (χ1n) is 5.53.